The van der Waals surface area contributed by atoms with Gasteiger partial charge in [0.1, 0.15) is 11.4 Å². The van der Waals surface area contributed by atoms with Crippen LogP contribution in [-0.4, -0.2) is 48.1 Å². The highest BCUT2D eigenvalue weighted by atomic mass is 32.1. The zero-order valence-electron chi connectivity index (χ0n) is 15.8. The number of aromatic nitrogens is 1. The van der Waals surface area contributed by atoms with E-state index < -0.39 is 0 Å². The number of pyridine rings is 1. The van der Waals surface area contributed by atoms with E-state index in [2.05, 4.69) is 33.8 Å². The minimum absolute atomic E-state index is 0.133. The van der Waals surface area contributed by atoms with Crippen molar-refractivity contribution in [1.29, 1.82) is 0 Å². The number of piperazine rings is 1. The van der Waals surface area contributed by atoms with Crippen LogP contribution in [0.5, 0.6) is 0 Å². The predicted molar refractivity (Wildman–Crippen MR) is 106 cm³/mol. The molecule has 0 aromatic carbocycles. The molecular weight excluding hydrogens is 346 g/mol. The Hall–Kier alpha value is -1.92. The predicted octanol–water partition coefficient (Wildman–Crippen LogP) is 3.59. The highest BCUT2D eigenvalue weighted by Gasteiger charge is 2.23. The first kappa shape index (κ1) is 18.9. The van der Waals surface area contributed by atoms with Gasteiger partial charge in [-0.1, -0.05) is 6.92 Å². The SMILES string of the molecule is CCc1ccc(CN2CCN(c3ncccc3C(=O)OC(C)C)CC2)s1. The van der Waals surface area contributed by atoms with E-state index in [4.69, 9.17) is 4.74 Å². The van der Waals surface area contributed by atoms with Gasteiger partial charge in [0.2, 0.25) is 0 Å². The quantitative estimate of drug-likeness (QED) is 0.724. The van der Waals surface area contributed by atoms with E-state index in [1.54, 1.807) is 18.3 Å². The van der Waals surface area contributed by atoms with Gasteiger partial charge in [0.25, 0.3) is 0 Å². The second-order valence-electron chi connectivity index (χ2n) is 6.81. The topological polar surface area (TPSA) is 45.7 Å². The summed E-state index contributed by atoms with van der Waals surface area (Å²) in [4.78, 5) is 24.4. The zero-order chi connectivity index (χ0) is 18.5. The molecule has 0 aliphatic carbocycles. The summed E-state index contributed by atoms with van der Waals surface area (Å²) >= 11 is 1.91. The lowest BCUT2D eigenvalue weighted by atomic mass is 10.2. The lowest BCUT2D eigenvalue weighted by Gasteiger charge is -2.35. The monoisotopic (exact) mass is 373 g/mol. The molecule has 1 aliphatic heterocycles. The molecule has 3 heterocycles. The molecule has 1 fully saturated rings. The van der Waals surface area contributed by atoms with Crippen molar-refractivity contribution in [2.24, 2.45) is 0 Å². The fraction of sp³-hybridized carbons (Fsp3) is 0.500. The van der Waals surface area contributed by atoms with E-state index in [0.717, 1.165) is 45.0 Å². The van der Waals surface area contributed by atoms with Gasteiger partial charge < -0.3 is 9.64 Å². The van der Waals surface area contributed by atoms with Gasteiger partial charge >= 0.3 is 5.97 Å². The number of ether oxygens (including phenoxy) is 1. The smallest absolute Gasteiger partial charge is 0.342 e. The van der Waals surface area contributed by atoms with Crippen molar-refractivity contribution in [3.63, 3.8) is 0 Å². The molecule has 2 aromatic rings. The van der Waals surface area contributed by atoms with Crippen LogP contribution in [-0.2, 0) is 17.7 Å². The second kappa shape index (κ2) is 8.64. The van der Waals surface area contributed by atoms with Crippen LogP contribution in [0, 0.1) is 0 Å². The van der Waals surface area contributed by atoms with Crippen LogP contribution in [0.25, 0.3) is 0 Å². The summed E-state index contributed by atoms with van der Waals surface area (Å²) in [6.07, 6.45) is 2.71. The molecule has 2 aromatic heterocycles. The lowest BCUT2D eigenvalue weighted by Crippen LogP contribution is -2.46. The van der Waals surface area contributed by atoms with Crippen LogP contribution in [0.15, 0.2) is 30.5 Å². The third-order valence-corrected chi connectivity index (χ3v) is 5.68. The first-order valence-electron chi connectivity index (χ1n) is 9.27. The van der Waals surface area contributed by atoms with Crippen LogP contribution >= 0.6 is 11.3 Å². The van der Waals surface area contributed by atoms with Crippen LogP contribution in [0.2, 0.25) is 0 Å². The van der Waals surface area contributed by atoms with Crippen molar-refractivity contribution in [2.75, 3.05) is 31.1 Å². The summed E-state index contributed by atoms with van der Waals surface area (Å²) in [7, 11) is 0. The van der Waals surface area contributed by atoms with Gasteiger partial charge in [0.05, 0.1) is 6.10 Å². The summed E-state index contributed by atoms with van der Waals surface area (Å²) in [5, 5.41) is 0. The molecule has 0 bridgehead atoms. The molecule has 1 saturated heterocycles. The Labute approximate surface area is 159 Å². The highest BCUT2D eigenvalue weighted by Crippen LogP contribution is 2.23. The molecule has 0 radical (unpaired) electrons. The standard InChI is InChI=1S/C20H27N3O2S/c1-4-16-7-8-17(26-16)14-22-10-12-23(13-11-22)19-18(6-5-9-21-19)20(24)25-15(2)3/h5-9,15H,4,10-14H2,1-3H3. The van der Waals surface area contributed by atoms with E-state index in [9.17, 15) is 4.79 Å². The summed E-state index contributed by atoms with van der Waals surface area (Å²) < 4.78 is 5.37. The Morgan fingerprint density at radius 3 is 2.58 bits per heavy atom. The number of thiophene rings is 1. The number of nitrogens with zero attached hydrogens (tertiary/aromatic N) is 3. The molecule has 0 spiro atoms. The molecular formula is C20H27N3O2S. The average molecular weight is 374 g/mol. The number of aryl methyl sites for hydroxylation is 1. The van der Waals surface area contributed by atoms with Gasteiger partial charge in [-0.2, -0.15) is 0 Å². The van der Waals surface area contributed by atoms with E-state index in [1.807, 2.05) is 25.2 Å². The first-order chi connectivity index (χ1) is 12.6. The molecule has 0 N–H and O–H groups in total. The van der Waals surface area contributed by atoms with Crippen molar-refractivity contribution >= 4 is 23.1 Å². The summed E-state index contributed by atoms with van der Waals surface area (Å²) in [6.45, 7) is 10.6. The molecule has 0 saturated carbocycles. The average Bonchev–Trinajstić information content (AvgIpc) is 3.09. The molecule has 140 valence electrons. The van der Waals surface area contributed by atoms with Gasteiger partial charge in [0, 0.05) is 48.7 Å². The van der Waals surface area contributed by atoms with Gasteiger partial charge in [-0.25, -0.2) is 9.78 Å². The van der Waals surface area contributed by atoms with Gasteiger partial charge in [-0.3, -0.25) is 4.90 Å². The number of rotatable bonds is 6. The number of hydrogen-bond acceptors (Lipinski definition) is 6. The Balaban J connectivity index is 1.62. The number of hydrogen-bond donors (Lipinski definition) is 0. The van der Waals surface area contributed by atoms with Crippen molar-refractivity contribution in [3.05, 3.63) is 45.8 Å². The van der Waals surface area contributed by atoms with Crippen molar-refractivity contribution in [1.82, 2.24) is 9.88 Å². The van der Waals surface area contributed by atoms with Gasteiger partial charge in [-0.15, -0.1) is 11.3 Å². The van der Waals surface area contributed by atoms with E-state index >= 15 is 0 Å². The first-order valence-corrected chi connectivity index (χ1v) is 10.1. The summed E-state index contributed by atoms with van der Waals surface area (Å²) in [5.41, 5.74) is 0.556. The Bertz CT molecular complexity index is 736. The van der Waals surface area contributed by atoms with Crippen molar-refractivity contribution in [2.45, 2.75) is 39.8 Å². The number of anilines is 1. The number of esters is 1. The van der Waals surface area contributed by atoms with Crippen LogP contribution < -0.4 is 4.90 Å². The normalized spacial score (nSPS) is 15.5. The summed E-state index contributed by atoms with van der Waals surface area (Å²) in [6, 6.07) is 8.07. The maximum atomic E-state index is 12.4. The summed E-state index contributed by atoms with van der Waals surface area (Å²) in [5.74, 6) is 0.443. The largest absolute Gasteiger partial charge is 0.459 e. The van der Waals surface area contributed by atoms with E-state index in [1.165, 1.54) is 9.75 Å². The third-order valence-electron chi connectivity index (χ3n) is 4.47. The molecule has 0 amide bonds. The Morgan fingerprint density at radius 2 is 1.92 bits per heavy atom. The molecule has 0 unspecified atom stereocenters. The van der Waals surface area contributed by atoms with Gasteiger partial charge in [0.15, 0.2) is 0 Å². The zero-order valence-corrected chi connectivity index (χ0v) is 16.6. The minimum atomic E-state index is -0.295. The maximum Gasteiger partial charge on any atom is 0.342 e. The van der Waals surface area contributed by atoms with E-state index in [-0.39, 0.29) is 12.1 Å². The van der Waals surface area contributed by atoms with Crippen LogP contribution in [0.1, 0.15) is 40.9 Å². The Morgan fingerprint density at radius 1 is 1.19 bits per heavy atom. The fourth-order valence-corrected chi connectivity index (χ4v) is 4.12. The lowest BCUT2D eigenvalue weighted by molar-refractivity contribution is 0.0378. The third kappa shape index (κ3) is 4.62. The van der Waals surface area contributed by atoms with Crippen molar-refractivity contribution in [3.8, 4) is 0 Å². The van der Waals surface area contributed by atoms with Gasteiger partial charge in [-0.05, 0) is 44.5 Å². The molecule has 3 rings (SSSR count). The van der Waals surface area contributed by atoms with Crippen molar-refractivity contribution < 1.29 is 9.53 Å². The van der Waals surface area contributed by atoms with E-state index in [0.29, 0.717) is 5.56 Å². The molecule has 0 atom stereocenters. The van der Waals surface area contributed by atoms with Crippen LogP contribution in [0.4, 0.5) is 5.82 Å². The number of carbonyl (C=O) groups is 1. The molecule has 1 aliphatic rings. The number of carbonyl (C=O) groups excluding carboxylic acids is 1. The molecule has 6 heteroatoms. The molecule has 5 nitrogen and oxygen atoms in total. The second-order valence-corrected chi connectivity index (χ2v) is 8.07. The molecule has 26 heavy (non-hydrogen) atoms. The van der Waals surface area contributed by atoms with Crippen LogP contribution in [0.3, 0.4) is 0 Å². The highest BCUT2D eigenvalue weighted by molar-refractivity contribution is 7.11. The maximum absolute atomic E-state index is 12.4. The Kier molecular flexibility index (Phi) is 6.27. The fourth-order valence-electron chi connectivity index (χ4n) is 3.12. The minimum Gasteiger partial charge on any atom is -0.459 e.